The zero-order valence-electron chi connectivity index (χ0n) is 11.7. The molecule has 3 heteroatoms. The maximum Gasteiger partial charge on any atom is 0.125 e. The average molecular weight is 251 g/mol. The Morgan fingerprint density at radius 1 is 1.28 bits per heavy atom. The van der Waals surface area contributed by atoms with Crippen LogP contribution < -0.4 is 10.5 Å². The van der Waals surface area contributed by atoms with Crippen LogP contribution in [0, 0.1) is 6.92 Å². The molecule has 102 valence electrons. The second-order valence-electron chi connectivity index (χ2n) is 4.63. The van der Waals surface area contributed by atoms with Gasteiger partial charge in [0.1, 0.15) is 5.75 Å². The van der Waals surface area contributed by atoms with Gasteiger partial charge in [0.15, 0.2) is 0 Å². The largest absolute Gasteiger partial charge is 0.493 e. The lowest BCUT2D eigenvalue weighted by Crippen LogP contribution is -2.22. The monoisotopic (exact) mass is 251 g/mol. The van der Waals surface area contributed by atoms with Crippen molar-refractivity contribution in [1.29, 1.82) is 0 Å². The van der Waals surface area contributed by atoms with Crippen molar-refractivity contribution in [1.82, 2.24) is 0 Å². The first-order valence-electron chi connectivity index (χ1n) is 6.64. The highest BCUT2D eigenvalue weighted by Gasteiger charge is 2.10. The summed E-state index contributed by atoms with van der Waals surface area (Å²) in [7, 11) is 1.71. The SMILES string of the molecule is CCC(N)Cc1cccc(C)c1OCCCOC. The molecule has 3 nitrogen and oxygen atoms in total. The minimum absolute atomic E-state index is 0.202. The Hall–Kier alpha value is -1.06. The van der Waals surface area contributed by atoms with Crippen LogP contribution >= 0.6 is 0 Å². The summed E-state index contributed by atoms with van der Waals surface area (Å²) < 4.78 is 10.9. The molecule has 2 N–H and O–H groups in total. The molecule has 0 radical (unpaired) electrons. The molecule has 0 amide bonds. The smallest absolute Gasteiger partial charge is 0.125 e. The van der Waals surface area contributed by atoms with E-state index in [9.17, 15) is 0 Å². The first-order chi connectivity index (χ1) is 8.69. The quantitative estimate of drug-likeness (QED) is 0.722. The Kier molecular flexibility index (Phi) is 6.76. The normalized spacial score (nSPS) is 12.4. The van der Waals surface area contributed by atoms with Gasteiger partial charge in [0.05, 0.1) is 6.61 Å². The summed E-state index contributed by atoms with van der Waals surface area (Å²) in [4.78, 5) is 0. The fourth-order valence-electron chi connectivity index (χ4n) is 1.88. The van der Waals surface area contributed by atoms with E-state index in [1.807, 2.05) is 0 Å². The van der Waals surface area contributed by atoms with E-state index in [1.165, 1.54) is 11.1 Å². The number of nitrogens with two attached hydrogens (primary N) is 1. The molecule has 1 aromatic rings. The van der Waals surface area contributed by atoms with Crippen LogP contribution in [0.25, 0.3) is 0 Å². The standard InChI is InChI=1S/C15H25NO2/c1-4-14(16)11-13-8-5-7-12(2)15(13)18-10-6-9-17-3/h5,7-8,14H,4,6,9-11,16H2,1-3H3. The zero-order valence-corrected chi connectivity index (χ0v) is 11.7. The molecule has 1 atom stereocenters. The summed E-state index contributed by atoms with van der Waals surface area (Å²) in [5, 5.41) is 0. The Morgan fingerprint density at radius 3 is 2.72 bits per heavy atom. The van der Waals surface area contributed by atoms with Crippen molar-refractivity contribution < 1.29 is 9.47 Å². The van der Waals surface area contributed by atoms with Gasteiger partial charge >= 0.3 is 0 Å². The highest BCUT2D eigenvalue weighted by molar-refractivity contribution is 5.41. The molecule has 18 heavy (non-hydrogen) atoms. The van der Waals surface area contributed by atoms with Crippen LogP contribution in [0.15, 0.2) is 18.2 Å². The third kappa shape index (κ3) is 4.67. The molecule has 0 aliphatic carbocycles. The molecule has 0 fully saturated rings. The van der Waals surface area contributed by atoms with E-state index >= 15 is 0 Å². The Labute approximate surface area is 110 Å². The fraction of sp³-hybridized carbons (Fsp3) is 0.600. The maximum atomic E-state index is 6.02. The van der Waals surface area contributed by atoms with Crippen LogP contribution in [0.1, 0.15) is 30.9 Å². The summed E-state index contributed by atoms with van der Waals surface area (Å²) in [6.07, 6.45) is 2.76. The molecular weight excluding hydrogens is 226 g/mol. The molecule has 1 aromatic carbocycles. The van der Waals surface area contributed by atoms with E-state index in [2.05, 4.69) is 32.0 Å². The van der Waals surface area contributed by atoms with Crippen LogP contribution in [0.3, 0.4) is 0 Å². The van der Waals surface area contributed by atoms with E-state index in [0.717, 1.165) is 31.6 Å². The lowest BCUT2D eigenvalue weighted by molar-refractivity contribution is 0.171. The van der Waals surface area contributed by atoms with Crippen molar-refractivity contribution in [2.24, 2.45) is 5.73 Å². The predicted octanol–water partition coefficient (Wildman–Crippen LogP) is 2.69. The number of para-hydroxylation sites is 1. The van der Waals surface area contributed by atoms with Crippen molar-refractivity contribution in [3.8, 4) is 5.75 Å². The van der Waals surface area contributed by atoms with E-state index in [-0.39, 0.29) is 6.04 Å². The summed E-state index contributed by atoms with van der Waals surface area (Å²) in [6.45, 7) is 5.61. The summed E-state index contributed by atoms with van der Waals surface area (Å²) in [5.41, 5.74) is 8.41. The third-order valence-corrected chi connectivity index (χ3v) is 3.04. The molecule has 1 unspecified atom stereocenters. The van der Waals surface area contributed by atoms with Gasteiger partial charge in [-0.3, -0.25) is 0 Å². The predicted molar refractivity (Wildman–Crippen MR) is 75.1 cm³/mol. The topological polar surface area (TPSA) is 44.5 Å². The Balaban J connectivity index is 2.67. The summed E-state index contributed by atoms with van der Waals surface area (Å²) in [5.74, 6) is 0.998. The van der Waals surface area contributed by atoms with Crippen molar-refractivity contribution >= 4 is 0 Å². The van der Waals surface area contributed by atoms with Gasteiger partial charge in [0.2, 0.25) is 0 Å². The lowest BCUT2D eigenvalue weighted by Gasteiger charge is -2.16. The molecule has 0 heterocycles. The van der Waals surface area contributed by atoms with Crippen LogP contribution in [0.5, 0.6) is 5.75 Å². The van der Waals surface area contributed by atoms with Crippen molar-refractivity contribution in [2.75, 3.05) is 20.3 Å². The molecule has 0 spiro atoms. The highest BCUT2D eigenvalue weighted by atomic mass is 16.5. The van der Waals surface area contributed by atoms with Crippen LogP contribution in [0.2, 0.25) is 0 Å². The van der Waals surface area contributed by atoms with E-state index in [4.69, 9.17) is 15.2 Å². The summed E-state index contributed by atoms with van der Waals surface area (Å²) >= 11 is 0. The third-order valence-electron chi connectivity index (χ3n) is 3.04. The fourth-order valence-corrected chi connectivity index (χ4v) is 1.88. The number of methoxy groups -OCH3 is 1. The minimum atomic E-state index is 0.202. The van der Waals surface area contributed by atoms with Crippen molar-refractivity contribution in [3.05, 3.63) is 29.3 Å². The van der Waals surface area contributed by atoms with Crippen LogP contribution in [-0.2, 0) is 11.2 Å². The highest BCUT2D eigenvalue weighted by Crippen LogP contribution is 2.25. The van der Waals surface area contributed by atoms with Gasteiger partial charge in [-0.05, 0) is 30.9 Å². The number of hydrogen-bond acceptors (Lipinski definition) is 3. The number of benzene rings is 1. The van der Waals surface area contributed by atoms with E-state index < -0.39 is 0 Å². The van der Waals surface area contributed by atoms with Crippen molar-refractivity contribution in [2.45, 2.75) is 39.2 Å². The molecule has 0 saturated carbocycles. The summed E-state index contributed by atoms with van der Waals surface area (Å²) in [6, 6.07) is 6.45. The lowest BCUT2D eigenvalue weighted by atomic mass is 10.0. The molecule has 0 aliphatic heterocycles. The first kappa shape index (κ1) is 15.0. The Morgan fingerprint density at radius 2 is 2.06 bits per heavy atom. The Bertz CT molecular complexity index is 352. The molecule has 0 bridgehead atoms. The second-order valence-corrected chi connectivity index (χ2v) is 4.63. The zero-order chi connectivity index (χ0) is 13.4. The number of hydrogen-bond donors (Lipinski definition) is 1. The van der Waals surface area contributed by atoms with Gasteiger partial charge < -0.3 is 15.2 Å². The molecule has 0 aliphatic rings. The second kappa shape index (κ2) is 8.11. The average Bonchev–Trinajstić information content (AvgIpc) is 2.37. The molecule has 1 rings (SSSR count). The van der Waals surface area contributed by atoms with Gasteiger partial charge in [-0.2, -0.15) is 0 Å². The minimum Gasteiger partial charge on any atom is -0.493 e. The van der Waals surface area contributed by atoms with Gasteiger partial charge in [-0.15, -0.1) is 0 Å². The van der Waals surface area contributed by atoms with Crippen molar-refractivity contribution in [3.63, 3.8) is 0 Å². The molecule has 0 aromatic heterocycles. The van der Waals surface area contributed by atoms with Gasteiger partial charge in [-0.25, -0.2) is 0 Å². The van der Waals surface area contributed by atoms with Crippen LogP contribution in [0.4, 0.5) is 0 Å². The van der Waals surface area contributed by atoms with Crippen LogP contribution in [-0.4, -0.2) is 26.4 Å². The molecule has 0 saturated heterocycles. The van der Waals surface area contributed by atoms with E-state index in [0.29, 0.717) is 6.61 Å². The van der Waals surface area contributed by atoms with E-state index in [1.54, 1.807) is 7.11 Å². The number of rotatable bonds is 8. The van der Waals surface area contributed by atoms with Gasteiger partial charge in [-0.1, -0.05) is 25.1 Å². The van der Waals surface area contributed by atoms with Gasteiger partial charge in [0.25, 0.3) is 0 Å². The number of ether oxygens (including phenoxy) is 2. The first-order valence-corrected chi connectivity index (χ1v) is 6.64. The number of aryl methyl sites for hydroxylation is 1. The maximum absolute atomic E-state index is 6.02. The molecular formula is C15H25NO2. The van der Waals surface area contributed by atoms with Gasteiger partial charge in [0, 0.05) is 26.2 Å².